The molecule has 52 valence electrons. The average molecular weight is 128 g/mol. The molecule has 0 atom stereocenters. The van der Waals surface area contributed by atoms with E-state index in [0.29, 0.717) is 12.2 Å². The maximum atomic E-state index is 10.7. The molecule has 0 aromatic heterocycles. The van der Waals surface area contributed by atoms with Gasteiger partial charge in [0.25, 0.3) is 0 Å². The molecule has 0 rings (SSSR count). The number of hydrogen-bond acceptors (Lipinski definition) is 2. The third kappa shape index (κ3) is 2.90. The predicted molar refractivity (Wildman–Crippen MR) is 36.1 cm³/mol. The van der Waals surface area contributed by atoms with Gasteiger partial charge in [0.1, 0.15) is 0 Å². The Morgan fingerprint density at radius 1 is 1.67 bits per heavy atom. The van der Waals surface area contributed by atoms with E-state index in [0.717, 1.165) is 0 Å². The summed E-state index contributed by atoms with van der Waals surface area (Å²) in [5.41, 5.74) is 0.664. The molecule has 2 nitrogen and oxygen atoms in total. The zero-order chi connectivity index (χ0) is 7.28. The van der Waals surface area contributed by atoms with Gasteiger partial charge in [-0.05, 0) is 20.8 Å². The smallest absolute Gasteiger partial charge is 0.333 e. The van der Waals surface area contributed by atoms with E-state index in [1.165, 1.54) is 0 Å². The average Bonchev–Trinajstić information content (AvgIpc) is 1.87. The van der Waals surface area contributed by atoms with Crippen LogP contribution in [0.3, 0.4) is 0 Å². The van der Waals surface area contributed by atoms with Gasteiger partial charge < -0.3 is 4.74 Å². The van der Waals surface area contributed by atoms with Crippen LogP contribution in [0.25, 0.3) is 0 Å². The number of esters is 1. The van der Waals surface area contributed by atoms with Crippen LogP contribution in [0.5, 0.6) is 0 Å². The van der Waals surface area contributed by atoms with Gasteiger partial charge in [-0.15, -0.1) is 0 Å². The lowest BCUT2D eigenvalue weighted by atomic mass is 10.3. The van der Waals surface area contributed by atoms with Gasteiger partial charge >= 0.3 is 5.97 Å². The van der Waals surface area contributed by atoms with Crippen LogP contribution in [0.2, 0.25) is 0 Å². The maximum Gasteiger partial charge on any atom is 0.333 e. The second-order valence-electron chi connectivity index (χ2n) is 1.69. The summed E-state index contributed by atoms with van der Waals surface area (Å²) in [7, 11) is 0. The van der Waals surface area contributed by atoms with Crippen molar-refractivity contribution in [3.63, 3.8) is 0 Å². The lowest BCUT2D eigenvalue weighted by Gasteiger charge is -1.98. The minimum atomic E-state index is -0.222. The third-order valence-corrected chi connectivity index (χ3v) is 1.03. The molecule has 2 heteroatoms. The molecule has 0 heterocycles. The first-order chi connectivity index (χ1) is 4.22. The summed E-state index contributed by atoms with van der Waals surface area (Å²) in [4.78, 5) is 10.7. The number of ether oxygens (including phenoxy) is 1. The summed E-state index contributed by atoms with van der Waals surface area (Å²) in [5.74, 6) is -0.222. The van der Waals surface area contributed by atoms with Crippen molar-refractivity contribution in [2.24, 2.45) is 0 Å². The Kier molecular flexibility index (Phi) is 3.76. The van der Waals surface area contributed by atoms with Gasteiger partial charge in [0.05, 0.1) is 6.61 Å². The standard InChI is InChI=1S/C7H12O2/c1-4-6(3)7(8)9-5-2/h4H,5H2,1-3H3/b6-4+. The van der Waals surface area contributed by atoms with Gasteiger partial charge in [-0.1, -0.05) is 6.08 Å². The fourth-order valence-corrected chi connectivity index (χ4v) is 0.363. The number of carbonyl (C=O) groups excluding carboxylic acids is 1. The molecule has 0 unspecified atom stereocenters. The molecular weight excluding hydrogens is 116 g/mol. The van der Waals surface area contributed by atoms with E-state index in [1.54, 1.807) is 19.9 Å². The highest BCUT2D eigenvalue weighted by Crippen LogP contribution is 1.94. The fourth-order valence-electron chi connectivity index (χ4n) is 0.363. The molecule has 9 heavy (non-hydrogen) atoms. The first-order valence-electron chi connectivity index (χ1n) is 3.02. The van der Waals surface area contributed by atoms with E-state index >= 15 is 0 Å². The van der Waals surface area contributed by atoms with Crippen LogP contribution in [-0.4, -0.2) is 12.6 Å². The number of carbonyl (C=O) groups is 1. The Morgan fingerprint density at radius 2 is 2.22 bits per heavy atom. The summed E-state index contributed by atoms with van der Waals surface area (Å²) in [6.07, 6.45) is 1.73. The molecule has 0 spiro atoms. The van der Waals surface area contributed by atoms with Crippen molar-refractivity contribution in [2.45, 2.75) is 20.8 Å². The first kappa shape index (κ1) is 8.21. The molecule has 0 aliphatic heterocycles. The molecule has 0 N–H and O–H groups in total. The van der Waals surface area contributed by atoms with Gasteiger partial charge in [0, 0.05) is 5.57 Å². The highest BCUT2D eigenvalue weighted by Gasteiger charge is 2.00. The zero-order valence-corrected chi connectivity index (χ0v) is 6.10. The Hall–Kier alpha value is -0.790. The van der Waals surface area contributed by atoms with Crippen molar-refractivity contribution in [1.29, 1.82) is 0 Å². The van der Waals surface area contributed by atoms with Gasteiger partial charge in [0.15, 0.2) is 0 Å². The molecule has 0 aromatic rings. The van der Waals surface area contributed by atoms with E-state index in [1.807, 2.05) is 6.92 Å². The molecule has 0 fully saturated rings. The van der Waals surface area contributed by atoms with E-state index in [4.69, 9.17) is 0 Å². The van der Waals surface area contributed by atoms with Crippen LogP contribution in [0.1, 0.15) is 20.8 Å². The normalized spacial score (nSPS) is 11.2. The van der Waals surface area contributed by atoms with E-state index < -0.39 is 0 Å². The second-order valence-corrected chi connectivity index (χ2v) is 1.69. The molecule has 0 aliphatic rings. The quantitative estimate of drug-likeness (QED) is 0.416. The SMILES string of the molecule is C/C=C(\C)C(=O)OCC. The van der Waals surface area contributed by atoms with Crippen LogP contribution in [0.15, 0.2) is 11.6 Å². The number of hydrogen-bond donors (Lipinski definition) is 0. The maximum absolute atomic E-state index is 10.7. The topological polar surface area (TPSA) is 26.3 Å². The van der Waals surface area contributed by atoms with Crippen LogP contribution >= 0.6 is 0 Å². The van der Waals surface area contributed by atoms with Crippen molar-refractivity contribution >= 4 is 5.97 Å². The van der Waals surface area contributed by atoms with Gasteiger partial charge in [-0.2, -0.15) is 0 Å². The third-order valence-electron chi connectivity index (χ3n) is 1.03. The van der Waals surface area contributed by atoms with Crippen LogP contribution in [0.4, 0.5) is 0 Å². The number of rotatable bonds is 2. The Morgan fingerprint density at radius 3 is 2.56 bits per heavy atom. The summed E-state index contributed by atoms with van der Waals surface area (Å²) < 4.78 is 4.69. The fraction of sp³-hybridized carbons (Fsp3) is 0.571. The highest BCUT2D eigenvalue weighted by molar-refractivity contribution is 5.87. The van der Waals surface area contributed by atoms with Crippen LogP contribution < -0.4 is 0 Å². The van der Waals surface area contributed by atoms with E-state index in [2.05, 4.69) is 4.74 Å². The molecule has 0 aliphatic carbocycles. The minimum Gasteiger partial charge on any atom is -0.463 e. The van der Waals surface area contributed by atoms with Gasteiger partial charge in [-0.25, -0.2) is 4.79 Å². The molecule has 0 saturated carbocycles. The molecule has 0 bridgehead atoms. The summed E-state index contributed by atoms with van der Waals surface area (Å²) in [6, 6.07) is 0. The molecule has 0 saturated heterocycles. The Labute approximate surface area is 55.5 Å². The summed E-state index contributed by atoms with van der Waals surface area (Å²) in [6.45, 7) is 5.79. The van der Waals surface area contributed by atoms with Crippen molar-refractivity contribution < 1.29 is 9.53 Å². The first-order valence-corrected chi connectivity index (χ1v) is 3.02. The largest absolute Gasteiger partial charge is 0.463 e. The van der Waals surface area contributed by atoms with Crippen LogP contribution in [-0.2, 0) is 9.53 Å². The highest BCUT2D eigenvalue weighted by atomic mass is 16.5. The lowest BCUT2D eigenvalue weighted by molar-refractivity contribution is -0.138. The molecule has 0 aromatic carbocycles. The van der Waals surface area contributed by atoms with Gasteiger partial charge in [0.2, 0.25) is 0 Å². The predicted octanol–water partition coefficient (Wildman–Crippen LogP) is 1.52. The summed E-state index contributed by atoms with van der Waals surface area (Å²) >= 11 is 0. The van der Waals surface area contributed by atoms with Crippen molar-refractivity contribution in [2.75, 3.05) is 6.61 Å². The van der Waals surface area contributed by atoms with Crippen molar-refractivity contribution in [3.8, 4) is 0 Å². The zero-order valence-electron chi connectivity index (χ0n) is 6.10. The Bertz CT molecular complexity index is 125. The van der Waals surface area contributed by atoms with Crippen LogP contribution in [0, 0.1) is 0 Å². The Balaban J connectivity index is 3.74. The number of allylic oxidation sites excluding steroid dienone is 1. The van der Waals surface area contributed by atoms with E-state index in [9.17, 15) is 4.79 Å². The summed E-state index contributed by atoms with van der Waals surface area (Å²) in [5, 5.41) is 0. The lowest BCUT2D eigenvalue weighted by Crippen LogP contribution is -2.04. The second kappa shape index (κ2) is 4.13. The van der Waals surface area contributed by atoms with Gasteiger partial charge in [-0.3, -0.25) is 0 Å². The molecule has 0 amide bonds. The molecular formula is C7H12O2. The van der Waals surface area contributed by atoms with E-state index in [-0.39, 0.29) is 5.97 Å². The minimum absolute atomic E-state index is 0.222. The van der Waals surface area contributed by atoms with Crippen molar-refractivity contribution in [3.05, 3.63) is 11.6 Å². The monoisotopic (exact) mass is 128 g/mol. The molecule has 0 radical (unpaired) electrons. The van der Waals surface area contributed by atoms with Crippen molar-refractivity contribution in [1.82, 2.24) is 0 Å².